The molecule has 0 aliphatic heterocycles. The molecule has 2 N–H and O–H groups in total. The van der Waals surface area contributed by atoms with Crippen molar-refractivity contribution in [3.8, 4) is 5.75 Å². The van der Waals surface area contributed by atoms with Crippen LogP contribution in [0.4, 0.5) is 13.2 Å². The van der Waals surface area contributed by atoms with Crippen molar-refractivity contribution in [1.29, 1.82) is 0 Å². The fourth-order valence-corrected chi connectivity index (χ4v) is 1.36. The van der Waals surface area contributed by atoms with Gasteiger partial charge >= 0.3 is 6.18 Å². The number of hydrogen-bond donors (Lipinski definition) is 2. The number of nitrogens with one attached hydrogen (secondary N) is 1. The molecule has 0 aliphatic rings. The van der Waals surface area contributed by atoms with Crippen LogP contribution in [-0.4, -0.2) is 29.8 Å². The van der Waals surface area contributed by atoms with Gasteiger partial charge in [0.15, 0.2) is 6.61 Å². The third-order valence-electron chi connectivity index (χ3n) is 2.40. The Kier molecular flexibility index (Phi) is 4.99. The van der Waals surface area contributed by atoms with Gasteiger partial charge in [0.25, 0.3) is 5.91 Å². The molecule has 1 amide bonds. The average molecular weight is 291 g/mol. The van der Waals surface area contributed by atoms with Crippen LogP contribution >= 0.6 is 0 Å². The van der Waals surface area contributed by atoms with E-state index in [9.17, 15) is 18.0 Å². The van der Waals surface area contributed by atoms with E-state index in [4.69, 9.17) is 9.84 Å². The average Bonchev–Trinajstić information content (AvgIpc) is 2.35. The molecule has 1 aromatic rings. The molecule has 0 radical (unpaired) electrons. The van der Waals surface area contributed by atoms with Crippen LogP contribution < -0.4 is 10.1 Å². The number of amides is 1. The summed E-state index contributed by atoms with van der Waals surface area (Å²) in [6.07, 6.45) is -4.46. The number of hydrogen-bond acceptors (Lipinski definition) is 3. The van der Waals surface area contributed by atoms with Crippen molar-refractivity contribution in [2.75, 3.05) is 13.2 Å². The van der Waals surface area contributed by atoms with Crippen molar-refractivity contribution in [2.24, 2.45) is 0 Å². The van der Waals surface area contributed by atoms with Gasteiger partial charge in [-0.3, -0.25) is 4.79 Å². The highest BCUT2D eigenvalue weighted by Crippen LogP contribution is 2.31. The first-order valence-electron chi connectivity index (χ1n) is 5.86. The molecule has 0 unspecified atom stereocenters. The summed E-state index contributed by atoms with van der Waals surface area (Å²) in [4.78, 5) is 11.5. The molecular weight excluding hydrogens is 275 g/mol. The lowest BCUT2D eigenvalue weighted by Gasteiger charge is -2.23. The molecule has 112 valence electrons. The van der Waals surface area contributed by atoms with Crippen LogP contribution in [0.25, 0.3) is 0 Å². The second-order valence-corrected chi connectivity index (χ2v) is 4.90. The maximum atomic E-state index is 12.5. The monoisotopic (exact) mass is 291 g/mol. The van der Waals surface area contributed by atoms with E-state index in [1.54, 1.807) is 13.8 Å². The lowest BCUT2D eigenvalue weighted by Crippen LogP contribution is -2.48. The number of carbonyl (C=O) groups excluding carboxylic acids is 1. The highest BCUT2D eigenvalue weighted by Gasteiger charge is 2.30. The number of carbonyl (C=O) groups is 1. The van der Waals surface area contributed by atoms with Crippen LogP contribution in [0.5, 0.6) is 5.75 Å². The highest BCUT2D eigenvalue weighted by atomic mass is 19.4. The molecule has 4 nitrogen and oxygen atoms in total. The van der Waals surface area contributed by atoms with Gasteiger partial charge in [0.1, 0.15) is 5.75 Å². The van der Waals surface area contributed by atoms with Gasteiger partial charge < -0.3 is 15.2 Å². The van der Waals surface area contributed by atoms with Crippen LogP contribution in [-0.2, 0) is 11.0 Å². The number of rotatable bonds is 5. The van der Waals surface area contributed by atoms with Crippen LogP contribution in [0.1, 0.15) is 19.4 Å². The SMILES string of the molecule is CC(C)(CO)NC(=O)COc1cccc(C(F)(F)F)c1. The number of aliphatic hydroxyl groups is 1. The Morgan fingerprint density at radius 2 is 2.00 bits per heavy atom. The zero-order valence-corrected chi connectivity index (χ0v) is 11.1. The summed E-state index contributed by atoms with van der Waals surface area (Å²) >= 11 is 0. The van der Waals surface area contributed by atoms with E-state index in [1.807, 2.05) is 0 Å². The molecule has 0 atom stereocenters. The molecule has 0 aliphatic carbocycles. The van der Waals surface area contributed by atoms with Gasteiger partial charge in [-0.25, -0.2) is 0 Å². The molecule has 7 heteroatoms. The zero-order valence-electron chi connectivity index (χ0n) is 11.1. The van der Waals surface area contributed by atoms with Crippen LogP contribution in [0, 0.1) is 0 Å². The molecular formula is C13H16F3NO3. The summed E-state index contributed by atoms with van der Waals surface area (Å²) in [6, 6.07) is 4.28. The predicted octanol–water partition coefficient (Wildman–Crippen LogP) is 1.97. The Morgan fingerprint density at radius 3 is 2.55 bits per heavy atom. The Balaban J connectivity index is 2.60. The maximum Gasteiger partial charge on any atom is 0.416 e. The molecule has 0 bridgehead atoms. The van der Waals surface area contributed by atoms with Gasteiger partial charge in [0.05, 0.1) is 17.7 Å². The lowest BCUT2D eigenvalue weighted by atomic mass is 10.1. The van der Waals surface area contributed by atoms with Gasteiger partial charge in [-0.15, -0.1) is 0 Å². The largest absolute Gasteiger partial charge is 0.484 e. The minimum atomic E-state index is -4.46. The Morgan fingerprint density at radius 1 is 1.35 bits per heavy atom. The van der Waals surface area contributed by atoms with Crippen molar-refractivity contribution in [3.63, 3.8) is 0 Å². The first-order valence-corrected chi connectivity index (χ1v) is 5.86. The van der Waals surface area contributed by atoms with Crippen LogP contribution in [0.2, 0.25) is 0 Å². The topological polar surface area (TPSA) is 58.6 Å². The van der Waals surface area contributed by atoms with Crippen LogP contribution in [0.15, 0.2) is 24.3 Å². The van der Waals surface area contributed by atoms with Crippen molar-refractivity contribution < 1.29 is 27.8 Å². The first kappa shape index (κ1) is 16.3. The van der Waals surface area contributed by atoms with Crippen molar-refractivity contribution >= 4 is 5.91 Å². The normalized spacial score (nSPS) is 12.1. The molecule has 0 saturated heterocycles. The fraction of sp³-hybridized carbons (Fsp3) is 0.462. The summed E-state index contributed by atoms with van der Waals surface area (Å²) in [5.41, 5.74) is -1.65. The van der Waals surface area contributed by atoms with Crippen molar-refractivity contribution in [3.05, 3.63) is 29.8 Å². The third kappa shape index (κ3) is 5.08. The Labute approximate surface area is 114 Å². The summed E-state index contributed by atoms with van der Waals surface area (Å²) in [5.74, 6) is -0.571. The molecule has 0 fully saturated rings. The number of halogens is 3. The van der Waals surface area contributed by atoms with E-state index in [2.05, 4.69) is 5.32 Å². The minimum absolute atomic E-state index is 0.0446. The van der Waals surface area contributed by atoms with Crippen molar-refractivity contribution in [2.45, 2.75) is 25.6 Å². The van der Waals surface area contributed by atoms with Crippen molar-refractivity contribution in [1.82, 2.24) is 5.32 Å². The smallest absolute Gasteiger partial charge is 0.416 e. The van der Waals surface area contributed by atoms with E-state index < -0.39 is 29.8 Å². The van der Waals surface area contributed by atoms with E-state index in [1.165, 1.54) is 12.1 Å². The van der Waals surface area contributed by atoms with Crippen LogP contribution in [0.3, 0.4) is 0 Å². The molecule has 0 saturated carbocycles. The van der Waals surface area contributed by atoms with E-state index in [0.29, 0.717) is 0 Å². The predicted molar refractivity (Wildman–Crippen MR) is 66.2 cm³/mol. The van der Waals surface area contributed by atoms with Gasteiger partial charge in [0.2, 0.25) is 0 Å². The Bertz CT molecular complexity index is 472. The van der Waals surface area contributed by atoms with E-state index >= 15 is 0 Å². The molecule has 1 aromatic carbocycles. The molecule has 0 heterocycles. The highest BCUT2D eigenvalue weighted by molar-refractivity contribution is 5.78. The summed E-state index contributed by atoms with van der Waals surface area (Å²) in [5, 5.41) is 11.5. The number of aliphatic hydroxyl groups excluding tert-OH is 1. The minimum Gasteiger partial charge on any atom is -0.484 e. The van der Waals surface area contributed by atoms with E-state index in [0.717, 1.165) is 12.1 Å². The summed E-state index contributed by atoms with van der Waals surface area (Å²) < 4.78 is 42.4. The standard InChI is InChI=1S/C13H16F3NO3/c1-12(2,8-18)17-11(19)7-20-10-5-3-4-9(6-10)13(14,15)16/h3-6,18H,7-8H2,1-2H3,(H,17,19). The zero-order chi connectivity index (χ0) is 15.4. The van der Waals surface area contributed by atoms with Gasteiger partial charge in [-0.2, -0.15) is 13.2 Å². The first-order chi connectivity index (χ1) is 9.14. The number of alkyl halides is 3. The van der Waals surface area contributed by atoms with Gasteiger partial charge in [0, 0.05) is 0 Å². The molecule has 20 heavy (non-hydrogen) atoms. The third-order valence-corrected chi connectivity index (χ3v) is 2.40. The molecule has 1 rings (SSSR count). The van der Waals surface area contributed by atoms with Gasteiger partial charge in [-0.1, -0.05) is 6.07 Å². The molecule has 0 spiro atoms. The second-order valence-electron chi connectivity index (χ2n) is 4.90. The summed E-state index contributed by atoms with van der Waals surface area (Å²) in [6.45, 7) is 2.53. The van der Waals surface area contributed by atoms with E-state index in [-0.39, 0.29) is 12.4 Å². The maximum absolute atomic E-state index is 12.5. The fourth-order valence-electron chi connectivity index (χ4n) is 1.36. The number of ether oxygens (including phenoxy) is 1. The summed E-state index contributed by atoms with van der Waals surface area (Å²) in [7, 11) is 0. The number of benzene rings is 1. The van der Waals surface area contributed by atoms with Gasteiger partial charge in [-0.05, 0) is 32.0 Å². The lowest BCUT2D eigenvalue weighted by molar-refractivity contribution is -0.137. The molecule has 0 aromatic heterocycles. The Hall–Kier alpha value is -1.76. The quantitative estimate of drug-likeness (QED) is 0.872. The second kappa shape index (κ2) is 6.13.